The summed E-state index contributed by atoms with van der Waals surface area (Å²) in [7, 11) is -3.62. The summed E-state index contributed by atoms with van der Waals surface area (Å²) >= 11 is 1.54. The van der Waals surface area contributed by atoms with E-state index in [0.29, 0.717) is 35.2 Å². The molecule has 1 aliphatic carbocycles. The molecule has 0 radical (unpaired) electrons. The molecule has 7 nitrogen and oxygen atoms in total. The molecule has 2 aliphatic rings. The predicted octanol–water partition coefficient (Wildman–Crippen LogP) is 4.22. The van der Waals surface area contributed by atoms with E-state index in [1.54, 1.807) is 78.5 Å². The summed E-state index contributed by atoms with van der Waals surface area (Å²) in [6, 6.07) is 18.2. The maximum absolute atomic E-state index is 13.0. The van der Waals surface area contributed by atoms with Gasteiger partial charge in [-0.25, -0.2) is 8.42 Å². The van der Waals surface area contributed by atoms with E-state index in [2.05, 4.69) is 5.32 Å². The number of piperidine rings is 1. The third kappa shape index (κ3) is 4.38. The Morgan fingerprint density at radius 2 is 1.44 bits per heavy atom. The first-order chi connectivity index (χ1) is 17.3. The lowest BCUT2D eigenvalue weighted by atomic mass is 9.84. The van der Waals surface area contributed by atoms with E-state index in [1.165, 1.54) is 4.31 Å². The maximum Gasteiger partial charge on any atom is 0.243 e. The average Bonchev–Trinajstić information content (AvgIpc) is 2.91. The van der Waals surface area contributed by atoms with Crippen LogP contribution < -0.4 is 5.32 Å². The van der Waals surface area contributed by atoms with Crippen molar-refractivity contribution in [2.45, 2.75) is 22.6 Å². The van der Waals surface area contributed by atoms with Crippen LogP contribution in [0.15, 0.2) is 76.5 Å². The number of nitrogens with one attached hydrogen (secondary N) is 1. The molecule has 0 spiro atoms. The van der Waals surface area contributed by atoms with Crippen molar-refractivity contribution in [2.24, 2.45) is 5.92 Å². The third-order valence-electron chi connectivity index (χ3n) is 6.71. The number of carbonyl (C=O) groups is 3. The van der Waals surface area contributed by atoms with Crippen LogP contribution in [0.3, 0.4) is 0 Å². The molecule has 3 aromatic carbocycles. The molecular formula is C27H24N2O5S2. The van der Waals surface area contributed by atoms with Crippen LogP contribution in [0.25, 0.3) is 0 Å². The highest BCUT2D eigenvalue weighted by Crippen LogP contribution is 2.30. The van der Waals surface area contributed by atoms with Gasteiger partial charge in [0.2, 0.25) is 15.9 Å². The van der Waals surface area contributed by atoms with Crippen molar-refractivity contribution >= 4 is 44.9 Å². The fourth-order valence-corrected chi connectivity index (χ4v) is 6.55. The third-order valence-corrected chi connectivity index (χ3v) is 9.37. The first-order valence-corrected chi connectivity index (χ1v) is 14.2. The second kappa shape index (κ2) is 9.65. The van der Waals surface area contributed by atoms with Gasteiger partial charge >= 0.3 is 0 Å². The van der Waals surface area contributed by atoms with Crippen molar-refractivity contribution in [3.63, 3.8) is 0 Å². The summed E-state index contributed by atoms with van der Waals surface area (Å²) in [6.07, 6.45) is 2.72. The molecule has 1 N–H and O–H groups in total. The Morgan fingerprint density at radius 3 is 2.06 bits per heavy atom. The van der Waals surface area contributed by atoms with Crippen molar-refractivity contribution in [1.29, 1.82) is 0 Å². The topological polar surface area (TPSA) is 101 Å². The fourth-order valence-electron chi connectivity index (χ4n) is 4.68. The second-order valence-corrected chi connectivity index (χ2v) is 11.6. The van der Waals surface area contributed by atoms with Gasteiger partial charge in [0.05, 0.1) is 4.90 Å². The zero-order chi connectivity index (χ0) is 25.4. The number of sulfonamides is 1. The molecule has 184 valence electrons. The molecule has 36 heavy (non-hydrogen) atoms. The lowest BCUT2D eigenvalue weighted by Gasteiger charge is -2.30. The molecule has 1 heterocycles. The maximum atomic E-state index is 13.0. The first-order valence-electron chi connectivity index (χ1n) is 11.6. The summed E-state index contributed by atoms with van der Waals surface area (Å²) in [5, 5.41) is 2.85. The van der Waals surface area contributed by atoms with Gasteiger partial charge in [0.1, 0.15) is 0 Å². The number of thioether (sulfide) groups is 1. The largest absolute Gasteiger partial charge is 0.326 e. The molecule has 3 aromatic rings. The summed E-state index contributed by atoms with van der Waals surface area (Å²) in [5.41, 5.74) is 1.76. The minimum absolute atomic E-state index is 0.213. The number of rotatable bonds is 5. The summed E-state index contributed by atoms with van der Waals surface area (Å²) in [4.78, 5) is 39.9. The molecule has 0 bridgehead atoms. The van der Waals surface area contributed by atoms with E-state index in [4.69, 9.17) is 0 Å². The van der Waals surface area contributed by atoms with Crippen LogP contribution in [0, 0.1) is 5.92 Å². The van der Waals surface area contributed by atoms with Crippen molar-refractivity contribution in [3.8, 4) is 0 Å². The quantitative estimate of drug-likeness (QED) is 0.396. The second-order valence-electron chi connectivity index (χ2n) is 8.81. The highest BCUT2D eigenvalue weighted by molar-refractivity contribution is 7.98. The minimum atomic E-state index is -3.62. The summed E-state index contributed by atoms with van der Waals surface area (Å²) < 4.78 is 27.4. The zero-order valence-electron chi connectivity index (χ0n) is 19.6. The van der Waals surface area contributed by atoms with Crippen LogP contribution in [0.5, 0.6) is 0 Å². The molecule has 1 aliphatic heterocycles. The van der Waals surface area contributed by atoms with Gasteiger partial charge in [0.25, 0.3) is 0 Å². The number of fused-ring (bicyclic) bond motifs is 2. The smallest absolute Gasteiger partial charge is 0.243 e. The van der Waals surface area contributed by atoms with Crippen molar-refractivity contribution < 1.29 is 22.8 Å². The van der Waals surface area contributed by atoms with E-state index in [9.17, 15) is 22.8 Å². The van der Waals surface area contributed by atoms with Gasteiger partial charge in [0.15, 0.2) is 11.6 Å². The lowest BCUT2D eigenvalue weighted by molar-refractivity contribution is -0.120. The van der Waals surface area contributed by atoms with E-state index in [1.807, 2.05) is 6.26 Å². The SMILES string of the molecule is CSc1ccc(S(=O)(=O)N2CCC(C(=O)Nc3ccc4c(c3)C(=O)c3ccccc3C4=O)CC2)cc1. The highest BCUT2D eigenvalue weighted by Gasteiger charge is 2.33. The Hall–Kier alpha value is -3.27. The van der Waals surface area contributed by atoms with Gasteiger partial charge in [0, 0.05) is 51.8 Å². The number of amides is 1. The van der Waals surface area contributed by atoms with Gasteiger partial charge < -0.3 is 5.32 Å². The molecule has 0 atom stereocenters. The normalized spacial score (nSPS) is 16.4. The Bertz CT molecular complexity index is 1470. The summed E-state index contributed by atoms with van der Waals surface area (Å²) in [6.45, 7) is 0.497. The molecule has 1 amide bonds. The van der Waals surface area contributed by atoms with Crippen molar-refractivity contribution in [2.75, 3.05) is 24.7 Å². The minimum Gasteiger partial charge on any atom is -0.326 e. The molecule has 1 fully saturated rings. The Balaban J connectivity index is 1.25. The number of nitrogens with zero attached hydrogens (tertiary/aromatic N) is 1. The van der Waals surface area contributed by atoms with Crippen LogP contribution in [0.2, 0.25) is 0 Å². The summed E-state index contributed by atoms with van der Waals surface area (Å²) in [5.74, 6) is -1.05. The van der Waals surface area contributed by atoms with Crippen LogP contribution in [0.1, 0.15) is 44.7 Å². The Kier molecular flexibility index (Phi) is 6.55. The van der Waals surface area contributed by atoms with Crippen molar-refractivity contribution in [3.05, 3.63) is 89.0 Å². The predicted molar refractivity (Wildman–Crippen MR) is 138 cm³/mol. The number of hydrogen-bond donors (Lipinski definition) is 1. The zero-order valence-corrected chi connectivity index (χ0v) is 21.2. The monoisotopic (exact) mass is 520 g/mol. The van der Waals surface area contributed by atoms with Crippen LogP contribution in [-0.4, -0.2) is 49.5 Å². The number of benzene rings is 3. The van der Waals surface area contributed by atoms with Crippen molar-refractivity contribution in [1.82, 2.24) is 4.31 Å². The van der Waals surface area contributed by atoms with Gasteiger partial charge in [-0.1, -0.05) is 24.3 Å². The molecule has 0 saturated carbocycles. The van der Waals surface area contributed by atoms with Gasteiger partial charge in [-0.15, -0.1) is 11.8 Å². The lowest BCUT2D eigenvalue weighted by Crippen LogP contribution is -2.41. The van der Waals surface area contributed by atoms with Crippen LogP contribution >= 0.6 is 11.8 Å². The number of carbonyl (C=O) groups excluding carboxylic acids is 3. The van der Waals surface area contributed by atoms with Crippen LogP contribution in [-0.2, 0) is 14.8 Å². The molecule has 5 rings (SSSR count). The molecule has 1 saturated heterocycles. The van der Waals surface area contributed by atoms with E-state index < -0.39 is 10.0 Å². The number of ketones is 2. The van der Waals surface area contributed by atoms with E-state index in [0.717, 1.165) is 4.90 Å². The molecule has 9 heteroatoms. The average molecular weight is 521 g/mol. The highest BCUT2D eigenvalue weighted by atomic mass is 32.2. The number of hydrogen-bond acceptors (Lipinski definition) is 6. The van der Waals surface area contributed by atoms with Gasteiger partial charge in [-0.05, 0) is 61.6 Å². The molecular weight excluding hydrogens is 496 g/mol. The fraction of sp³-hybridized carbons (Fsp3) is 0.222. The molecule has 0 unspecified atom stereocenters. The Labute approximate surface area is 213 Å². The van der Waals surface area contributed by atoms with Crippen LogP contribution in [0.4, 0.5) is 5.69 Å². The number of anilines is 1. The first kappa shape index (κ1) is 24.4. The van der Waals surface area contributed by atoms with Gasteiger partial charge in [-0.3, -0.25) is 14.4 Å². The standard InChI is InChI=1S/C27H24N2O5S2/c1-35-19-7-9-20(10-8-19)36(33,34)29-14-12-17(13-15-29)27(32)28-18-6-11-23-24(16-18)26(31)22-5-3-2-4-21(22)25(23)30/h2-11,16-17H,12-15H2,1H3,(H,28,32). The Morgan fingerprint density at radius 1 is 0.861 bits per heavy atom. The van der Waals surface area contributed by atoms with E-state index in [-0.39, 0.29) is 46.9 Å². The molecule has 0 aromatic heterocycles. The van der Waals surface area contributed by atoms with Gasteiger partial charge in [-0.2, -0.15) is 4.31 Å². The van der Waals surface area contributed by atoms with E-state index >= 15 is 0 Å².